The van der Waals surface area contributed by atoms with Crippen molar-refractivity contribution in [1.82, 2.24) is 0 Å². The van der Waals surface area contributed by atoms with Gasteiger partial charge >= 0.3 is 5.97 Å². The van der Waals surface area contributed by atoms with Crippen molar-refractivity contribution < 1.29 is 24.6 Å². The molecule has 2 aromatic rings. The average Bonchev–Trinajstić information content (AvgIpc) is 2.96. The summed E-state index contributed by atoms with van der Waals surface area (Å²) in [6.45, 7) is 1.51. The molecule has 0 bridgehead atoms. The molecular weight excluding hydrogens is 316 g/mol. The van der Waals surface area contributed by atoms with E-state index in [0.29, 0.717) is 23.6 Å². The van der Waals surface area contributed by atoms with Gasteiger partial charge in [-0.15, -0.1) is 11.3 Å². The van der Waals surface area contributed by atoms with E-state index < -0.39 is 11.8 Å². The number of aliphatic carboxylic acids is 1. The third kappa shape index (κ3) is 4.37. The number of hydrogen-bond acceptors (Lipinski definition) is 5. The van der Waals surface area contributed by atoms with Crippen molar-refractivity contribution in [3.63, 3.8) is 0 Å². The monoisotopic (exact) mass is 330 g/mol. The molecule has 0 fully saturated rings. The molecule has 2 N–H and O–H groups in total. The largest absolute Gasteiger partial charge is 0.507 e. The lowest BCUT2D eigenvalue weighted by Gasteiger charge is -2.00. The summed E-state index contributed by atoms with van der Waals surface area (Å²) in [7, 11) is 0. The molecule has 0 aliphatic rings. The maximum absolute atomic E-state index is 11.2. The molecule has 0 saturated carbocycles. The summed E-state index contributed by atoms with van der Waals surface area (Å²) in [5, 5.41) is 19.9. The van der Waals surface area contributed by atoms with Gasteiger partial charge in [0.2, 0.25) is 0 Å². The number of Topliss-reactive ketones (excluding diaryl/α,β-unsaturated/α-hetero) is 1. The minimum atomic E-state index is -1.61. The van der Waals surface area contributed by atoms with Crippen LogP contribution < -0.4 is 0 Å². The van der Waals surface area contributed by atoms with Crippen molar-refractivity contribution >= 4 is 34.6 Å². The van der Waals surface area contributed by atoms with Crippen molar-refractivity contribution in [2.75, 3.05) is 0 Å². The van der Waals surface area contributed by atoms with Crippen LogP contribution in [0.4, 0.5) is 0 Å². The Balaban J connectivity index is 2.11. The highest BCUT2D eigenvalue weighted by atomic mass is 32.1. The first-order valence-corrected chi connectivity index (χ1v) is 7.60. The van der Waals surface area contributed by atoms with Crippen LogP contribution in [0.15, 0.2) is 41.8 Å². The van der Waals surface area contributed by atoms with Crippen LogP contribution >= 0.6 is 11.3 Å². The molecule has 1 aromatic heterocycles. The normalized spacial score (nSPS) is 11.3. The Labute approximate surface area is 136 Å². The second kappa shape index (κ2) is 7.02. The Morgan fingerprint density at radius 2 is 1.74 bits per heavy atom. The van der Waals surface area contributed by atoms with E-state index in [9.17, 15) is 19.5 Å². The summed E-state index contributed by atoms with van der Waals surface area (Å²) in [6.07, 6.45) is 1.30. The quantitative estimate of drug-likeness (QED) is 0.367. The average molecular weight is 330 g/mol. The number of carbonyl (C=O) groups is 3. The summed E-state index contributed by atoms with van der Waals surface area (Å²) in [4.78, 5) is 33.7. The van der Waals surface area contributed by atoms with Gasteiger partial charge in [-0.05, 0) is 18.6 Å². The van der Waals surface area contributed by atoms with E-state index in [0.717, 1.165) is 10.4 Å². The van der Waals surface area contributed by atoms with Gasteiger partial charge in [0.15, 0.2) is 5.78 Å². The molecule has 1 aromatic carbocycles. The Hall–Kier alpha value is -2.73. The highest BCUT2D eigenvalue weighted by Crippen LogP contribution is 2.23. The van der Waals surface area contributed by atoms with Gasteiger partial charge in [0.1, 0.15) is 5.76 Å². The van der Waals surface area contributed by atoms with Crippen molar-refractivity contribution in [2.45, 2.75) is 13.3 Å². The molecule has 5 nitrogen and oxygen atoms in total. The zero-order valence-electron chi connectivity index (χ0n) is 12.3. The molecule has 0 saturated heterocycles. The van der Waals surface area contributed by atoms with Crippen molar-refractivity contribution in [3.05, 3.63) is 63.4 Å². The lowest BCUT2D eigenvalue weighted by Crippen LogP contribution is -2.09. The van der Waals surface area contributed by atoms with Gasteiger partial charge in [0, 0.05) is 33.9 Å². The Kier molecular flexibility index (Phi) is 5.08. The molecule has 0 atom stereocenters. The first-order valence-electron chi connectivity index (χ1n) is 6.72. The van der Waals surface area contributed by atoms with E-state index in [-0.39, 0.29) is 11.5 Å². The highest BCUT2D eigenvalue weighted by Gasteiger charge is 2.12. The maximum Gasteiger partial charge on any atom is 0.376 e. The van der Waals surface area contributed by atoms with Crippen molar-refractivity contribution in [3.8, 4) is 0 Å². The molecule has 1 heterocycles. The van der Waals surface area contributed by atoms with Crippen molar-refractivity contribution in [1.29, 1.82) is 0 Å². The van der Waals surface area contributed by atoms with Gasteiger partial charge in [-0.2, -0.15) is 0 Å². The van der Waals surface area contributed by atoms with Gasteiger partial charge < -0.3 is 10.2 Å². The Morgan fingerprint density at radius 3 is 2.30 bits per heavy atom. The van der Waals surface area contributed by atoms with E-state index in [1.54, 1.807) is 23.6 Å². The molecule has 0 amide bonds. The SMILES string of the molecule is CC(=O)c1ccc(Cc2cc(C(O)=CC(=O)C(=O)O)cs2)cc1. The minimum absolute atomic E-state index is 0.00752. The number of rotatable bonds is 6. The predicted octanol–water partition coefficient (Wildman–Crippen LogP) is 3.09. The van der Waals surface area contributed by atoms with E-state index in [2.05, 4.69) is 0 Å². The first kappa shape index (κ1) is 16.6. The zero-order valence-corrected chi connectivity index (χ0v) is 13.1. The van der Waals surface area contributed by atoms with Gasteiger partial charge in [-0.25, -0.2) is 4.79 Å². The first-order chi connectivity index (χ1) is 10.9. The fraction of sp³-hybridized carbons (Fsp3) is 0.118. The topological polar surface area (TPSA) is 91.7 Å². The fourth-order valence-corrected chi connectivity index (χ4v) is 2.85. The number of aliphatic hydroxyl groups is 1. The number of carbonyl (C=O) groups excluding carboxylic acids is 2. The summed E-state index contributed by atoms with van der Waals surface area (Å²) in [5.41, 5.74) is 2.06. The second-order valence-electron chi connectivity index (χ2n) is 4.93. The van der Waals surface area contributed by atoms with Crippen LogP contribution in [-0.4, -0.2) is 27.7 Å². The smallest absolute Gasteiger partial charge is 0.376 e. The van der Waals surface area contributed by atoms with E-state index >= 15 is 0 Å². The Bertz CT molecular complexity index is 784. The predicted molar refractivity (Wildman–Crippen MR) is 86.8 cm³/mol. The molecule has 0 radical (unpaired) electrons. The van der Waals surface area contributed by atoms with Gasteiger partial charge in [0.05, 0.1) is 0 Å². The van der Waals surface area contributed by atoms with Crippen LogP contribution in [0, 0.1) is 0 Å². The second-order valence-corrected chi connectivity index (χ2v) is 5.93. The minimum Gasteiger partial charge on any atom is -0.507 e. The lowest BCUT2D eigenvalue weighted by atomic mass is 10.1. The number of benzene rings is 1. The van der Waals surface area contributed by atoms with Gasteiger partial charge in [-0.3, -0.25) is 9.59 Å². The van der Waals surface area contributed by atoms with Gasteiger partial charge in [-0.1, -0.05) is 24.3 Å². The van der Waals surface area contributed by atoms with Crippen LogP contribution in [0.2, 0.25) is 0 Å². The molecule has 0 spiro atoms. The number of hydrogen-bond donors (Lipinski definition) is 2. The highest BCUT2D eigenvalue weighted by molar-refractivity contribution is 7.10. The number of aliphatic hydroxyl groups excluding tert-OH is 1. The molecule has 0 unspecified atom stereocenters. The molecule has 23 heavy (non-hydrogen) atoms. The standard InChI is InChI=1S/C17H14O5S/c1-10(18)12-4-2-11(3-5-12)6-14-7-13(9-23-14)15(19)8-16(20)17(21)22/h2-5,7-9,19H,6H2,1H3,(H,21,22). The molecule has 6 heteroatoms. The number of carboxylic acid groups (broad SMARTS) is 1. The van der Waals surface area contributed by atoms with Crippen LogP contribution in [0.25, 0.3) is 5.76 Å². The third-order valence-corrected chi connectivity index (χ3v) is 4.10. The summed E-state index contributed by atoms with van der Waals surface area (Å²) < 4.78 is 0. The van der Waals surface area contributed by atoms with E-state index in [1.165, 1.54) is 18.3 Å². The molecule has 118 valence electrons. The summed E-state index contributed by atoms with van der Waals surface area (Å²) >= 11 is 1.39. The van der Waals surface area contributed by atoms with Crippen molar-refractivity contribution in [2.24, 2.45) is 0 Å². The van der Waals surface area contributed by atoms with Crippen LogP contribution in [0.1, 0.15) is 33.3 Å². The number of ketones is 2. The van der Waals surface area contributed by atoms with E-state index in [1.807, 2.05) is 12.1 Å². The number of thiophene rings is 1. The molecular formula is C17H14O5S. The fourth-order valence-electron chi connectivity index (χ4n) is 1.94. The maximum atomic E-state index is 11.2. The molecule has 2 rings (SSSR count). The third-order valence-electron chi connectivity index (χ3n) is 3.17. The lowest BCUT2D eigenvalue weighted by molar-refractivity contribution is -0.146. The zero-order chi connectivity index (χ0) is 17.0. The van der Waals surface area contributed by atoms with E-state index in [4.69, 9.17) is 5.11 Å². The summed E-state index contributed by atoms with van der Waals surface area (Å²) in [5.74, 6) is -3.15. The van der Waals surface area contributed by atoms with Crippen LogP contribution in [0.3, 0.4) is 0 Å². The number of carboxylic acids is 1. The summed E-state index contributed by atoms with van der Waals surface area (Å²) in [6, 6.07) is 8.94. The molecule has 0 aliphatic heterocycles. The van der Waals surface area contributed by atoms with Crippen LogP contribution in [0.5, 0.6) is 0 Å². The van der Waals surface area contributed by atoms with Gasteiger partial charge in [0.25, 0.3) is 5.78 Å². The Morgan fingerprint density at radius 1 is 1.09 bits per heavy atom. The van der Waals surface area contributed by atoms with Crippen LogP contribution in [-0.2, 0) is 16.0 Å². The molecule has 0 aliphatic carbocycles.